The predicted octanol–water partition coefficient (Wildman–Crippen LogP) is 3.27. The van der Waals surface area contributed by atoms with Gasteiger partial charge in [0, 0.05) is 5.56 Å². The van der Waals surface area contributed by atoms with E-state index in [1.165, 1.54) is 18.2 Å². The molecule has 0 saturated heterocycles. The topological polar surface area (TPSA) is 49.3 Å². The van der Waals surface area contributed by atoms with Gasteiger partial charge in [-0.25, -0.2) is 0 Å². The van der Waals surface area contributed by atoms with Crippen LogP contribution in [-0.2, 0) is 4.79 Å². The summed E-state index contributed by atoms with van der Waals surface area (Å²) < 4.78 is 36.9. The highest BCUT2D eigenvalue weighted by Crippen LogP contribution is 2.20. The van der Waals surface area contributed by atoms with Crippen molar-refractivity contribution in [3.05, 3.63) is 65.7 Å². The van der Waals surface area contributed by atoms with Gasteiger partial charge in [-0.1, -0.05) is 54.3 Å². The summed E-state index contributed by atoms with van der Waals surface area (Å²) in [6, 6.07) is 14.4. The Kier molecular flexibility index (Phi) is 5.04. The van der Waals surface area contributed by atoms with Gasteiger partial charge in [-0.3, -0.25) is 4.79 Å². The van der Waals surface area contributed by atoms with E-state index in [1.54, 1.807) is 41.7 Å². The zero-order valence-corrected chi connectivity index (χ0v) is 11.8. The quantitative estimate of drug-likeness (QED) is 0.835. The van der Waals surface area contributed by atoms with E-state index in [4.69, 9.17) is 0 Å². The van der Waals surface area contributed by atoms with Crippen molar-refractivity contribution in [2.24, 2.45) is 0 Å². The van der Waals surface area contributed by atoms with Crippen molar-refractivity contribution < 1.29 is 23.1 Å². The highest BCUT2D eigenvalue weighted by atomic mass is 19.4. The van der Waals surface area contributed by atoms with E-state index in [9.17, 15) is 23.1 Å². The first-order valence-electron chi connectivity index (χ1n) is 6.59. The summed E-state index contributed by atoms with van der Waals surface area (Å²) in [6.45, 7) is 0. The molecule has 1 amide bonds. The fraction of sp³-hybridized carbons (Fsp3) is 0.118. The number of benzene rings is 2. The SMILES string of the molecule is O=C(Nc1ccccc1C#CC(O)c1ccccc1)C(F)(F)F. The molecular weight excluding hydrogens is 307 g/mol. The second kappa shape index (κ2) is 6.99. The van der Waals surface area contributed by atoms with Crippen LogP contribution in [0.3, 0.4) is 0 Å². The Hall–Kier alpha value is -2.78. The van der Waals surface area contributed by atoms with E-state index in [0.29, 0.717) is 5.56 Å². The van der Waals surface area contributed by atoms with E-state index in [1.807, 2.05) is 0 Å². The maximum atomic E-state index is 12.3. The van der Waals surface area contributed by atoms with E-state index in [0.717, 1.165) is 0 Å². The van der Waals surface area contributed by atoms with Crippen molar-refractivity contribution in [2.45, 2.75) is 12.3 Å². The Bertz CT molecular complexity index is 746. The lowest BCUT2D eigenvalue weighted by atomic mass is 10.1. The number of carbonyl (C=O) groups is 1. The lowest BCUT2D eigenvalue weighted by Crippen LogP contribution is -2.30. The Labute approximate surface area is 130 Å². The molecule has 2 aromatic carbocycles. The van der Waals surface area contributed by atoms with Crippen LogP contribution in [0.25, 0.3) is 0 Å². The van der Waals surface area contributed by atoms with Gasteiger partial charge < -0.3 is 10.4 Å². The van der Waals surface area contributed by atoms with Gasteiger partial charge in [-0.15, -0.1) is 0 Å². The molecule has 1 unspecified atom stereocenters. The van der Waals surface area contributed by atoms with Gasteiger partial charge in [-0.2, -0.15) is 13.2 Å². The third-order valence-corrected chi connectivity index (χ3v) is 2.89. The summed E-state index contributed by atoms with van der Waals surface area (Å²) in [6.07, 6.45) is -6.06. The molecular formula is C17H12F3NO2. The number of alkyl halides is 3. The molecule has 0 heterocycles. The molecule has 0 aliphatic heterocycles. The largest absolute Gasteiger partial charge is 0.471 e. The lowest BCUT2D eigenvalue weighted by Gasteiger charge is -2.09. The Balaban J connectivity index is 2.22. The molecule has 0 saturated carbocycles. The second-order valence-electron chi connectivity index (χ2n) is 4.58. The van der Waals surface area contributed by atoms with Crippen LogP contribution in [0.4, 0.5) is 18.9 Å². The highest BCUT2D eigenvalue weighted by molar-refractivity contribution is 5.96. The summed E-state index contributed by atoms with van der Waals surface area (Å²) >= 11 is 0. The van der Waals surface area contributed by atoms with Crippen molar-refractivity contribution in [3.8, 4) is 11.8 Å². The van der Waals surface area contributed by atoms with E-state index < -0.39 is 18.2 Å². The molecule has 23 heavy (non-hydrogen) atoms. The molecule has 1 atom stereocenters. The third-order valence-electron chi connectivity index (χ3n) is 2.89. The van der Waals surface area contributed by atoms with Crippen LogP contribution >= 0.6 is 0 Å². The van der Waals surface area contributed by atoms with Gasteiger partial charge in [0.2, 0.25) is 0 Å². The fourth-order valence-corrected chi connectivity index (χ4v) is 1.76. The van der Waals surface area contributed by atoms with Gasteiger partial charge in [0.15, 0.2) is 0 Å². The number of carbonyl (C=O) groups excluding carboxylic acids is 1. The molecule has 2 aromatic rings. The highest BCUT2D eigenvalue weighted by Gasteiger charge is 2.38. The first-order chi connectivity index (χ1) is 10.9. The summed E-state index contributed by atoms with van der Waals surface area (Å²) in [5.41, 5.74) is 0.680. The zero-order valence-electron chi connectivity index (χ0n) is 11.8. The van der Waals surface area contributed by atoms with Crippen molar-refractivity contribution in [3.63, 3.8) is 0 Å². The maximum absolute atomic E-state index is 12.3. The molecule has 0 aromatic heterocycles. The number of amides is 1. The number of para-hydroxylation sites is 1. The van der Waals surface area contributed by atoms with E-state index in [-0.39, 0.29) is 11.3 Å². The molecule has 0 fully saturated rings. The Morgan fingerprint density at radius 2 is 1.65 bits per heavy atom. The van der Waals surface area contributed by atoms with E-state index >= 15 is 0 Å². The molecule has 0 aliphatic rings. The number of nitrogens with one attached hydrogen (secondary N) is 1. The first-order valence-corrected chi connectivity index (χ1v) is 6.59. The minimum atomic E-state index is -4.98. The first kappa shape index (κ1) is 16.6. The number of rotatable bonds is 2. The van der Waals surface area contributed by atoms with Crippen molar-refractivity contribution in [1.29, 1.82) is 0 Å². The number of aliphatic hydroxyl groups excluding tert-OH is 1. The average Bonchev–Trinajstić information content (AvgIpc) is 2.53. The monoisotopic (exact) mass is 319 g/mol. The van der Waals surface area contributed by atoms with Gasteiger partial charge in [0.05, 0.1) is 5.69 Å². The maximum Gasteiger partial charge on any atom is 0.471 e. The van der Waals surface area contributed by atoms with E-state index in [2.05, 4.69) is 11.8 Å². The van der Waals surface area contributed by atoms with Crippen molar-refractivity contribution >= 4 is 11.6 Å². The van der Waals surface area contributed by atoms with Gasteiger partial charge in [-0.05, 0) is 17.7 Å². The normalized spacial score (nSPS) is 12.0. The van der Waals surface area contributed by atoms with Crippen molar-refractivity contribution in [1.82, 2.24) is 0 Å². The molecule has 2 rings (SSSR count). The Morgan fingerprint density at radius 1 is 1.04 bits per heavy atom. The van der Waals surface area contributed by atoms with Crippen LogP contribution in [0.2, 0.25) is 0 Å². The van der Waals surface area contributed by atoms with Gasteiger partial charge in [0.25, 0.3) is 0 Å². The van der Waals surface area contributed by atoms with Crippen LogP contribution in [0.5, 0.6) is 0 Å². The van der Waals surface area contributed by atoms with Crippen LogP contribution in [-0.4, -0.2) is 17.2 Å². The minimum Gasteiger partial charge on any atom is -0.376 e. The number of halogens is 3. The number of anilines is 1. The van der Waals surface area contributed by atoms with Crippen LogP contribution in [0, 0.1) is 11.8 Å². The van der Waals surface area contributed by atoms with Crippen molar-refractivity contribution in [2.75, 3.05) is 5.32 Å². The third kappa shape index (κ3) is 4.59. The number of aliphatic hydroxyl groups is 1. The fourth-order valence-electron chi connectivity index (χ4n) is 1.76. The lowest BCUT2D eigenvalue weighted by molar-refractivity contribution is -0.167. The molecule has 0 aliphatic carbocycles. The predicted molar refractivity (Wildman–Crippen MR) is 79.4 cm³/mol. The summed E-state index contributed by atoms with van der Waals surface area (Å²) in [5.74, 6) is 3.05. The van der Waals surface area contributed by atoms with Gasteiger partial charge >= 0.3 is 12.1 Å². The second-order valence-corrected chi connectivity index (χ2v) is 4.58. The van der Waals surface area contributed by atoms with Gasteiger partial charge in [0.1, 0.15) is 6.10 Å². The molecule has 2 N–H and O–H groups in total. The minimum absolute atomic E-state index is 0.0670. The average molecular weight is 319 g/mol. The van der Waals surface area contributed by atoms with Crippen LogP contribution in [0.1, 0.15) is 17.2 Å². The number of hydrogen-bond donors (Lipinski definition) is 2. The number of hydrogen-bond acceptors (Lipinski definition) is 2. The summed E-state index contributed by atoms with van der Waals surface area (Å²) in [4.78, 5) is 11.0. The molecule has 0 spiro atoms. The van der Waals surface area contributed by atoms with Crippen LogP contribution in [0.15, 0.2) is 54.6 Å². The zero-order chi connectivity index (χ0) is 16.9. The molecule has 6 heteroatoms. The van der Waals surface area contributed by atoms with Crippen LogP contribution < -0.4 is 5.32 Å². The molecule has 0 bridgehead atoms. The summed E-state index contributed by atoms with van der Waals surface area (Å²) in [7, 11) is 0. The standard InChI is InChI=1S/C17H12F3NO2/c18-17(19,20)16(23)21-14-9-5-4-6-12(14)10-11-15(22)13-7-2-1-3-8-13/h1-9,15,22H,(H,21,23). The molecule has 118 valence electrons. The Morgan fingerprint density at radius 3 is 2.30 bits per heavy atom. The smallest absolute Gasteiger partial charge is 0.376 e. The summed E-state index contributed by atoms with van der Waals surface area (Å²) in [5, 5.41) is 11.7. The molecule has 3 nitrogen and oxygen atoms in total. The molecule has 0 radical (unpaired) electrons.